The van der Waals surface area contributed by atoms with Crippen LogP contribution >= 0.6 is 0 Å². The summed E-state index contributed by atoms with van der Waals surface area (Å²) in [4.78, 5) is 27.0. The number of carboxylic acid groups (broad SMARTS) is 1. The van der Waals surface area contributed by atoms with Gasteiger partial charge in [-0.3, -0.25) is 9.59 Å². The highest BCUT2D eigenvalue weighted by atomic mass is 16.4. The van der Waals surface area contributed by atoms with Gasteiger partial charge in [-0.05, 0) is 61.6 Å². The molecule has 0 aliphatic heterocycles. The number of benzene rings is 1. The molecule has 1 aromatic carbocycles. The normalized spacial score (nSPS) is 20.6. The lowest BCUT2D eigenvalue weighted by Gasteiger charge is -2.31. The topological polar surface area (TPSA) is 99.2 Å². The molecule has 29 heavy (non-hydrogen) atoms. The largest absolute Gasteiger partial charge is 0.481 e. The van der Waals surface area contributed by atoms with Crippen LogP contribution in [0, 0.1) is 19.4 Å². The van der Waals surface area contributed by atoms with E-state index in [1.54, 1.807) is 6.07 Å². The molecule has 2 rings (SSSR count). The summed E-state index contributed by atoms with van der Waals surface area (Å²) in [7, 11) is 0. The molecule has 1 saturated carbocycles. The highest BCUT2D eigenvalue weighted by Crippen LogP contribution is 2.43. The van der Waals surface area contributed by atoms with E-state index in [2.05, 4.69) is 4.85 Å². The monoisotopic (exact) mass is 399 g/mol. The highest BCUT2D eigenvalue weighted by Gasteiger charge is 2.34. The van der Waals surface area contributed by atoms with Gasteiger partial charge in [-0.25, -0.2) is 4.85 Å². The van der Waals surface area contributed by atoms with Gasteiger partial charge in [0.15, 0.2) is 5.69 Å². The summed E-state index contributed by atoms with van der Waals surface area (Å²) >= 11 is 0. The van der Waals surface area contributed by atoms with Gasteiger partial charge in [0.25, 0.3) is 0 Å². The van der Waals surface area contributed by atoms with Crippen molar-refractivity contribution in [3.63, 3.8) is 0 Å². The lowest BCUT2D eigenvalue weighted by atomic mass is 9.72. The molecule has 1 aliphatic rings. The van der Waals surface area contributed by atoms with Gasteiger partial charge < -0.3 is 15.3 Å². The number of carbonyl (C=O) groups excluding carboxylic acids is 1. The molecule has 1 aliphatic carbocycles. The van der Waals surface area contributed by atoms with Gasteiger partial charge in [0.2, 0.25) is 0 Å². The third-order valence-corrected chi connectivity index (χ3v) is 5.59. The van der Waals surface area contributed by atoms with Crippen molar-refractivity contribution >= 4 is 17.4 Å². The van der Waals surface area contributed by atoms with Crippen molar-refractivity contribution in [1.82, 2.24) is 0 Å². The first-order valence-electron chi connectivity index (χ1n) is 10.1. The van der Waals surface area contributed by atoms with Gasteiger partial charge in [0, 0.05) is 18.8 Å². The molecule has 0 radical (unpaired) electrons. The van der Waals surface area contributed by atoms with E-state index in [1.807, 2.05) is 25.1 Å². The Kier molecular flexibility index (Phi) is 8.56. The number of aryl methyl sites for hydroxylation is 1. The van der Waals surface area contributed by atoms with Crippen LogP contribution in [0.4, 0.5) is 5.69 Å². The fourth-order valence-corrected chi connectivity index (χ4v) is 4.10. The second-order valence-electron chi connectivity index (χ2n) is 7.67. The van der Waals surface area contributed by atoms with Gasteiger partial charge in [0.05, 0.1) is 13.2 Å². The van der Waals surface area contributed by atoms with Crippen LogP contribution in [0.5, 0.6) is 0 Å². The predicted octanol–water partition coefficient (Wildman–Crippen LogP) is 4.23. The summed E-state index contributed by atoms with van der Waals surface area (Å²) in [6, 6.07) is 3.41. The number of carboxylic acids is 1. The first-order valence-corrected chi connectivity index (χ1v) is 10.1. The van der Waals surface area contributed by atoms with E-state index in [1.165, 1.54) is 0 Å². The second-order valence-corrected chi connectivity index (χ2v) is 7.67. The summed E-state index contributed by atoms with van der Waals surface area (Å²) in [5.41, 5.74) is 2.34. The smallest absolute Gasteiger partial charge is 0.303 e. The lowest BCUT2D eigenvalue weighted by Crippen LogP contribution is -2.26. The van der Waals surface area contributed by atoms with Gasteiger partial charge in [0.1, 0.15) is 11.9 Å². The molecular weight excluding hydrogens is 370 g/mol. The third-order valence-electron chi connectivity index (χ3n) is 5.59. The summed E-state index contributed by atoms with van der Waals surface area (Å²) < 4.78 is 0. The molecule has 3 atom stereocenters. The number of hydrogen-bond acceptors (Lipinski definition) is 4. The Labute approximate surface area is 171 Å². The Morgan fingerprint density at radius 3 is 2.79 bits per heavy atom. The van der Waals surface area contributed by atoms with E-state index >= 15 is 0 Å². The molecule has 1 fully saturated rings. The van der Waals surface area contributed by atoms with E-state index in [9.17, 15) is 19.8 Å². The van der Waals surface area contributed by atoms with Crippen LogP contribution in [-0.2, 0) is 9.59 Å². The molecule has 3 unspecified atom stereocenters. The summed E-state index contributed by atoms with van der Waals surface area (Å²) in [5, 5.41) is 27.9. The fourth-order valence-electron chi connectivity index (χ4n) is 4.10. The maximum Gasteiger partial charge on any atom is 0.303 e. The zero-order valence-corrected chi connectivity index (χ0v) is 16.8. The molecule has 156 valence electrons. The Bertz CT molecular complexity index is 808. The summed E-state index contributed by atoms with van der Waals surface area (Å²) in [5.74, 6) is -0.913. The molecule has 6 nitrogen and oxygen atoms in total. The predicted molar refractivity (Wildman–Crippen MR) is 110 cm³/mol. The molecule has 6 heteroatoms. The maximum absolute atomic E-state index is 12.8. The molecule has 0 spiro atoms. The van der Waals surface area contributed by atoms with E-state index in [0.29, 0.717) is 42.5 Å². The van der Waals surface area contributed by atoms with Crippen LogP contribution < -0.4 is 0 Å². The van der Waals surface area contributed by atoms with Crippen LogP contribution in [0.15, 0.2) is 24.3 Å². The van der Waals surface area contributed by atoms with Crippen LogP contribution in [0.25, 0.3) is 4.85 Å². The molecular formula is C23H29NO5. The van der Waals surface area contributed by atoms with Crippen molar-refractivity contribution in [2.45, 2.75) is 63.9 Å². The number of aliphatic carboxylic acids is 1. The van der Waals surface area contributed by atoms with Crippen molar-refractivity contribution in [2.24, 2.45) is 5.92 Å². The molecule has 0 bridgehead atoms. The zero-order chi connectivity index (χ0) is 21.4. The second kappa shape index (κ2) is 10.9. The van der Waals surface area contributed by atoms with Crippen molar-refractivity contribution < 1.29 is 24.9 Å². The quantitative estimate of drug-likeness (QED) is 0.328. The van der Waals surface area contributed by atoms with Crippen molar-refractivity contribution in [1.29, 1.82) is 0 Å². The molecule has 0 aromatic heterocycles. The third kappa shape index (κ3) is 5.99. The highest BCUT2D eigenvalue weighted by molar-refractivity contribution is 5.88. The van der Waals surface area contributed by atoms with Gasteiger partial charge in [-0.15, -0.1) is 0 Å². The molecule has 0 heterocycles. The molecule has 3 N–H and O–H groups in total. The first kappa shape index (κ1) is 22.8. The summed E-state index contributed by atoms with van der Waals surface area (Å²) in [6.45, 7) is 8.95. The molecule has 1 aromatic rings. The van der Waals surface area contributed by atoms with Crippen molar-refractivity contribution in [3.05, 3.63) is 52.4 Å². The Morgan fingerprint density at radius 1 is 1.38 bits per heavy atom. The lowest BCUT2D eigenvalue weighted by molar-refractivity contribution is -0.137. The first-order chi connectivity index (χ1) is 13.9. The number of rotatable bonds is 9. The molecule has 0 amide bonds. The Morgan fingerprint density at radius 2 is 2.14 bits per heavy atom. The number of hydrogen-bond donors (Lipinski definition) is 3. The van der Waals surface area contributed by atoms with Crippen LogP contribution in [0.2, 0.25) is 0 Å². The molecule has 0 saturated heterocycles. The van der Waals surface area contributed by atoms with E-state index in [0.717, 1.165) is 18.4 Å². The van der Waals surface area contributed by atoms with Gasteiger partial charge in [-0.2, -0.15) is 0 Å². The minimum Gasteiger partial charge on any atom is -0.481 e. The van der Waals surface area contributed by atoms with Crippen molar-refractivity contribution in [3.8, 4) is 0 Å². The number of aliphatic hydroxyl groups excluding tert-OH is 2. The number of Topliss-reactive ketones (excluding diaryl/α,β-unsaturated/α-hetero) is 1. The Balaban J connectivity index is 2.23. The fraction of sp³-hybridized carbons (Fsp3) is 0.522. The number of unbranched alkanes of at least 4 members (excludes halogenated alkanes) is 1. The zero-order valence-electron chi connectivity index (χ0n) is 16.8. The Hall–Kier alpha value is -2.49. The van der Waals surface area contributed by atoms with Gasteiger partial charge >= 0.3 is 5.97 Å². The van der Waals surface area contributed by atoms with E-state index in [-0.39, 0.29) is 24.0 Å². The average Bonchev–Trinajstić information content (AvgIpc) is 2.69. The maximum atomic E-state index is 12.8. The number of nitrogens with zero attached hydrogens (tertiary/aromatic N) is 1. The SMILES string of the molecule is [C-]#[N+]c1cc(C(O)CO)c(C)cc1C1C(=O)CCCC1C/C=C\CCCC(=O)O. The van der Waals surface area contributed by atoms with E-state index < -0.39 is 18.7 Å². The average molecular weight is 399 g/mol. The van der Waals surface area contributed by atoms with Crippen LogP contribution in [0.3, 0.4) is 0 Å². The van der Waals surface area contributed by atoms with E-state index in [4.69, 9.17) is 11.7 Å². The minimum atomic E-state index is -1.05. The number of aliphatic hydroxyl groups is 2. The van der Waals surface area contributed by atoms with Crippen molar-refractivity contribution in [2.75, 3.05) is 6.61 Å². The van der Waals surface area contributed by atoms with Crippen LogP contribution in [-0.4, -0.2) is 33.7 Å². The number of allylic oxidation sites excluding steroid dienone is 2. The minimum absolute atomic E-state index is 0.0977. The number of carbonyl (C=O) groups is 2. The van der Waals surface area contributed by atoms with Gasteiger partial charge in [-0.1, -0.05) is 24.3 Å². The van der Waals surface area contributed by atoms with Crippen LogP contribution in [0.1, 0.15) is 73.7 Å². The standard InChI is InChI=1S/C23H29NO5/c1-15-12-18(19(24-2)13-17(15)21(27)14-25)23-16(9-7-10-20(23)26)8-5-3-4-6-11-22(28)29/h3,5,12-13,16,21,23,25,27H,4,6-11,14H2,1H3,(H,28,29)/b5-3-. The summed E-state index contributed by atoms with van der Waals surface area (Å²) in [6.07, 6.45) is 7.32. The number of ketones is 1.